The molecule has 0 saturated heterocycles. The standard InChI is InChI=1S/C11H18O4/c1-11(2,3)15-10(14)8-5-4-7(6-8)9(12)13/h7-8H,4-6H2,1-3H3,(H,12,13)/t7-,8-/m0/s1. The molecule has 0 radical (unpaired) electrons. The molecule has 0 aliphatic heterocycles. The maximum Gasteiger partial charge on any atom is 0.309 e. The number of rotatable bonds is 2. The Hall–Kier alpha value is -1.06. The average Bonchev–Trinajstić information content (AvgIpc) is 2.47. The van der Waals surface area contributed by atoms with E-state index in [-0.39, 0.29) is 17.8 Å². The molecule has 1 fully saturated rings. The molecule has 2 atom stereocenters. The monoisotopic (exact) mass is 214 g/mol. The summed E-state index contributed by atoms with van der Waals surface area (Å²) in [7, 11) is 0. The largest absolute Gasteiger partial charge is 0.481 e. The average molecular weight is 214 g/mol. The van der Waals surface area contributed by atoms with Crippen LogP contribution in [0.3, 0.4) is 0 Å². The molecule has 1 rings (SSSR count). The van der Waals surface area contributed by atoms with Crippen molar-refractivity contribution >= 4 is 11.9 Å². The van der Waals surface area contributed by atoms with Gasteiger partial charge in [0.25, 0.3) is 0 Å². The molecule has 1 aliphatic carbocycles. The van der Waals surface area contributed by atoms with Gasteiger partial charge in [-0.2, -0.15) is 0 Å². The summed E-state index contributed by atoms with van der Waals surface area (Å²) in [5.74, 6) is -1.67. The second-order valence-corrected chi connectivity index (χ2v) is 5.08. The Kier molecular flexibility index (Phi) is 3.37. The predicted octanol–water partition coefficient (Wildman–Crippen LogP) is 1.83. The van der Waals surface area contributed by atoms with Crippen molar-refractivity contribution in [3.8, 4) is 0 Å². The van der Waals surface area contributed by atoms with Crippen molar-refractivity contribution in [2.24, 2.45) is 11.8 Å². The summed E-state index contributed by atoms with van der Waals surface area (Å²) in [6, 6.07) is 0. The second kappa shape index (κ2) is 4.21. The van der Waals surface area contributed by atoms with Gasteiger partial charge in [0, 0.05) is 0 Å². The Balaban J connectivity index is 2.47. The lowest BCUT2D eigenvalue weighted by Gasteiger charge is -2.21. The first-order valence-electron chi connectivity index (χ1n) is 5.25. The molecule has 0 bridgehead atoms. The van der Waals surface area contributed by atoms with Crippen molar-refractivity contribution in [1.82, 2.24) is 0 Å². The minimum atomic E-state index is -0.805. The highest BCUT2D eigenvalue weighted by molar-refractivity contribution is 5.76. The predicted molar refractivity (Wildman–Crippen MR) is 54.3 cm³/mol. The molecule has 4 heteroatoms. The molecule has 15 heavy (non-hydrogen) atoms. The van der Waals surface area contributed by atoms with Crippen LogP contribution in [0.2, 0.25) is 0 Å². The fourth-order valence-electron chi connectivity index (χ4n) is 1.80. The van der Waals surface area contributed by atoms with E-state index < -0.39 is 11.6 Å². The molecule has 4 nitrogen and oxygen atoms in total. The lowest BCUT2D eigenvalue weighted by atomic mass is 10.0. The Bertz CT molecular complexity index is 264. The van der Waals surface area contributed by atoms with E-state index in [2.05, 4.69) is 0 Å². The molecule has 1 N–H and O–H groups in total. The number of esters is 1. The number of hydrogen-bond acceptors (Lipinski definition) is 3. The molecule has 0 heterocycles. The molecule has 0 amide bonds. The quantitative estimate of drug-likeness (QED) is 0.712. The van der Waals surface area contributed by atoms with Crippen LogP contribution in [-0.4, -0.2) is 22.6 Å². The molecule has 0 aromatic carbocycles. The Morgan fingerprint density at radius 2 is 1.73 bits per heavy atom. The third kappa shape index (κ3) is 3.53. The van der Waals surface area contributed by atoms with E-state index in [4.69, 9.17) is 9.84 Å². The van der Waals surface area contributed by atoms with Gasteiger partial charge in [-0.15, -0.1) is 0 Å². The smallest absolute Gasteiger partial charge is 0.309 e. The molecular weight excluding hydrogens is 196 g/mol. The van der Waals surface area contributed by atoms with Crippen LogP contribution >= 0.6 is 0 Å². The number of carboxylic acid groups (broad SMARTS) is 1. The highest BCUT2D eigenvalue weighted by atomic mass is 16.6. The van der Waals surface area contributed by atoms with E-state index in [0.717, 1.165) is 0 Å². The summed E-state index contributed by atoms with van der Waals surface area (Å²) >= 11 is 0. The van der Waals surface area contributed by atoms with E-state index in [0.29, 0.717) is 19.3 Å². The molecule has 0 aromatic heterocycles. The molecule has 1 aliphatic rings. The maximum absolute atomic E-state index is 11.6. The lowest BCUT2D eigenvalue weighted by molar-refractivity contribution is -0.159. The van der Waals surface area contributed by atoms with Crippen molar-refractivity contribution in [1.29, 1.82) is 0 Å². The summed E-state index contributed by atoms with van der Waals surface area (Å²) in [5.41, 5.74) is -0.488. The van der Waals surface area contributed by atoms with Crippen LogP contribution in [0.1, 0.15) is 40.0 Å². The molecule has 0 spiro atoms. The van der Waals surface area contributed by atoms with Crippen LogP contribution < -0.4 is 0 Å². The zero-order chi connectivity index (χ0) is 11.6. The van der Waals surface area contributed by atoms with E-state index in [1.165, 1.54) is 0 Å². The van der Waals surface area contributed by atoms with Gasteiger partial charge < -0.3 is 9.84 Å². The Morgan fingerprint density at radius 3 is 2.13 bits per heavy atom. The molecule has 0 aromatic rings. The summed E-state index contributed by atoms with van der Waals surface area (Å²) in [4.78, 5) is 22.3. The van der Waals surface area contributed by atoms with E-state index in [1.807, 2.05) is 20.8 Å². The van der Waals surface area contributed by atoms with E-state index in [1.54, 1.807) is 0 Å². The fourth-order valence-corrected chi connectivity index (χ4v) is 1.80. The number of carbonyl (C=O) groups excluding carboxylic acids is 1. The number of hydrogen-bond donors (Lipinski definition) is 1. The van der Waals surface area contributed by atoms with Gasteiger partial charge in [-0.05, 0) is 40.0 Å². The molecule has 0 unspecified atom stereocenters. The zero-order valence-corrected chi connectivity index (χ0v) is 9.45. The van der Waals surface area contributed by atoms with Gasteiger partial charge in [0.2, 0.25) is 0 Å². The third-order valence-corrected chi connectivity index (χ3v) is 2.52. The van der Waals surface area contributed by atoms with Crippen molar-refractivity contribution in [3.05, 3.63) is 0 Å². The van der Waals surface area contributed by atoms with Gasteiger partial charge in [-0.1, -0.05) is 0 Å². The first-order valence-corrected chi connectivity index (χ1v) is 5.25. The molecule has 86 valence electrons. The van der Waals surface area contributed by atoms with Gasteiger partial charge in [0.15, 0.2) is 0 Å². The van der Waals surface area contributed by atoms with Gasteiger partial charge >= 0.3 is 11.9 Å². The highest BCUT2D eigenvalue weighted by Crippen LogP contribution is 2.32. The Morgan fingerprint density at radius 1 is 1.20 bits per heavy atom. The Labute approximate surface area is 89.6 Å². The topological polar surface area (TPSA) is 63.6 Å². The number of aliphatic carboxylic acids is 1. The lowest BCUT2D eigenvalue weighted by Crippen LogP contribution is -2.28. The summed E-state index contributed by atoms with van der Waals surface area (Å²) in [6.07, 6.45) is 1.63. The van der Waals surface area contributed by atoms with Crippen LogP contribution in [0.15, 0.2) is 0 Å². The summed E-state index contributed by atoms with van der Waals surface area (Å²) < 4.78 is 5.22. The van der Waals surface area contributed by atoms with E-state index >= 15 is 0 Å². The highest BCUT2D eigenvalue weighted by Gasteiger charge is 2.36. The van der Waals surface area contributed by atoms with Gasteiger partial charge in [-0.25, -0.2) is 0 Å². The minimum absolute atomic E-state index is 0.231. The number of carboxylic acids is 1. The zero-order valence-electron chi connectivity index (χ0n) is 9.45. The van der Waals surface area contributed by atoms with Crippen LogP contribution in [0.25, 0.3) is 0 Å². The van der Waals surface area contributed by atoms with Crippen LogP contribution in [0, 0.1) is 11.8 Å². The van der Waals surface area contributed by atoms with Crippen LogP contribution in [0.5, 0.6) is 0 Å². The maximum atomic E-state index is 11.6. The van der Waals surface area contributed by atoms with Gasteiger partial charge in [0.05, 0.1) is 11.8 Å². The number of carbonyl (C=O) groups is 2. The molecule has 1 saturated carbocycles. The summed E-state index contributed by atoms with van der Waals surface area (Å²) in [6.45, 7) is 5.44. The first-order chi connectivity index (χ1) is 6.79. The third-order valence-electron chi connectivity index (χ3n) is 2.52. The van der Waals surface area contributed by atoms with Crippen molar-refractivity contribution < 1.29 is 19.4 Å². The van der Waals surface area contributed by atoms with Crippen LogP contribution in [0.4, 0.5) is 0 Å². The molecular formula is C11H18O4. The minimum Gasteiger partial charge on any atom is -0.481 e. The first kappa shape index (κ1) is 12.0. The SMILES string of the molecule is CC(C)(C)OC(=O)[C@H]1CC[C@H](C(=O)O)C1. The normalized spacial score (nSPS) is 26.3. The van der Waals surface area contributed by atoms with E-state index in [9.17, 15) is 9.59 Å². The summed E-state index contributed by atoms with van der Waals surface area (Å²) in [5, 5.41) is 8.79. The fraction of sp³-hybridized carbons (Fsp3) is 0.818. The van der Waals surface area contributed by atoms with Crippen molar-refractivity contribution in [3.63, 3.8) is 0 Å². The van der Waals surface area contributed by atoms with Gasteiger partial charge in [0.1, 0.15) is 5.60 Å². The van der Waals surface area contributed by atoms with Crippen molar-refractivity contribution in [2.45, 2.75) is 45.6 Å². The van der Waals surface area contributed by atoms with Crippen LogP contribution in [-0.2, 0) is 14.3 Å². The van der Waals surface area contributed by atoms with Crippen molar-refractivity contribution in [2.75, 3.05) is 0 Å². The number of ether oxygens (including phenoxy) is 1. The second-order valence-electron chi connectivity index (χ2n) is 5.08. The van der Waals surface area contributed by atoms with Gasteiger partial charge in [-0.3, -0.25) is 9.59 Å².